The van der Waals surface area contributed by atoms with E-state index in [2.05, 4.69) is 15.5 Å². The van der Waals surface area contributed by atoms with Gasteiger partial charge in [-0.15, -0.1) is 0 Å². The number of hydrogen-bond donors (Lipinski definition) is 2. The van der Waals surface area contributed by atoms with Crippen molar-refractivity contribution in [1.82, 2.24) is 10.2 Å². The smallest absolute Gasteiger partial charge is 0.257 e. The summed E-state index contributed by atoms with van der Waals surface area (Å²) in [4.78, 5) is 14.3. The van der Waals surface area contributed by atoms with E-state index >= 15 is 0 Å². The lowest BCUT2D eigenvalue weighted by Gasteiger charge is -2.16. The minimum Gasteiger partial charge on any atom is -0.377 e. The van der Waals surface area contributed by atoms with E-state index in [-0.39, 0.29) is 5.91 Å². The molecule has 0 radical (unpaired) electrons. The highest BCUT2D eigenvalue weighted by Crippen LogP contribution is 2.21. The Hall–Kier alpha value is -2.30. The molecule has 0 unspecified atom stereocenters. The number of rotatable bonds is 3. The second-order valence-electron chi connectivity index (χ2n) is 4.67. The number of H-pyrrole nitrogens is 1. The lowest BCUT2D eigenvalue weighted by atomic mass is 10.1. The summed E-state index contributed by atoms with van der Waals surface area (Å²) in [6.45, 7) is 3.74. The van der Waals surface area contributed by atoms with Crippen molar-refractivity contribution in [3.05, 3.63) is 41.2 Å². The van der Waals surface area contributed by atoms with Crippen molar-refractivity contribution in [3.63, 3.8) is 0 Å². The average Bonchev–Trinajstić information content (AvgIpc) is 2.70. The van der Waals surface area contributed by atoms with Crippen LogP contribution < -0.4 is 10.2 Å². The second kappa shape index (κ2) is 5.14. The molecule has 1 aromatic carbocycles. The van der Waals surface area contributed by atoms with Gasteiger partial charge in [0, 0.05) is 19.8 Å². The van der Waals surface area contributed by atoms with Gasteiger partial charge < -0.3 is 10.2 Å². The zero-order chi connectivity index (χ0) is 14.0. The fourth-order valence-corrected chi connectivity index (χ4v) is 1.97. The Balaban J connectivity index is 2.31. The minimum atomic E-state index is -0.128. The molecule has 0 saturated carbocycles. The number of nitrogens with zero attached hydrogens (tertiary/aromatic N) is 2. The highest BCUT2D eigenvalue weighted by atomic mass is 16.1. The van der Waals surface area contributed by atoms with E-state index in [1.54, 1.807) is 0 Å². The fraction of sp³-hybridized carbons (Fsp3) is 0.286. The molecule has 1 amide bonds. The molecular weight excluding hydrogens is 240 g/mol. The summed E-state index contributed by atoms with van der Waals surface area (Å²) >= 11 is 0. The number of aromatic amines is 1. The summed E-state index contributed by atoms with van der Waals surface area (Å²) in [5.41, 5.74) is 3.92. The van der Waals surface area contributed by atoms with E-state index in [0.717, 1.165) is 22.8 Å². The molecule has 0 aliphatic rings. The predicted octanol–water partition coefficient (Wildman–Crippen LogP) is 2.34. The summed E-state index contributed by atoms with van der Waals surface area (Å²) in [5.74, 6) is -0.128. The molecule has 5 nitrogen and oxygen atoms in total. The van der Waals surface area contributed by atoms with Crippen molar-refractivity contribution in [2.75, 3.05) is 24.3 Å². The van der Waals surface area contributed by atoms with Crippen LogP contribution in [-0.2, 0) is 0 Å². The minimum absolute atomic E-state index is 0.128. The third-order valence-electron chi connectivity index (χ3n) is 3.00. The van der Waals surface area contributed by atoms with Crippen molar-refractivity contribution in [1.29, 1.82) is 0 Å². The quantitative estimate of drug-likeness (QED) is 0.888. The van der Waals surface area contributed by atoms with Crippen LogP contribution in [0.1, 0.15) is 21.7 Å². The van der Waals surface area contributed by atoms with Crippen molar-refractivity contribution < 1.29 is 4.79 Å². The number of benzene rings is 1. The monoisotopic (exact) mass is 258 g/mol. The molecule has 1 aromatic heterocycles. The van der Waals surface area contributed by atoms with Crippen LogP contribution in [0.3, 0.4) is 0 Å². The normalized spacial score (nSPS) is 10.3. The Labute approximate surface area is 112 Å². The molecule has 0 saturated heterocycles. The summed E-state index contributed by atoms with van der Waals surface area (Å²) in [6.07, 6.45) is 0. The molecule has 5 heteroatoms. The first-order valence-corrected chi connectivity index (χ1v) is 6.10. The van der Waals surface area contributed by atoms with Gasteiger partial charge in [-0.25, -0.2) is 0 Å². The van der Waals surface area contributed by atoms with Crippen LogP contribution in [0, 0.1) is 13.8 Å². The van der Waals surface area contributed by atoms with E-state index in [0.29, 0.717) is 5.56 Å². The van der Waals surface area contributed by atoms with Gasteiger partial charge in [-0.1, -0.05) is 12.1 Å². The molecule has 0 aliphatic heterocycles. The van der Waals surface area contributed by atoms with Gasteiger partial charge in [0.05, 0.1) is 22.6 Å². The maximum Gasteiger partial charge on any atom is 0.257 e. The molecule has 2 rings (SSSR count). The molecular formula is C14H18N4O. The van der Waals surface area contributed by atoms with Gasteiger partial charge in [0.25, 0.3) is 5.91 Å². The van der Waals surface area contributed by atoms with E-state index in [1.165, 1.54) is 0 Å². The van der Waals surface area contributed by atoms with Crippen molar-refractivity contribution in [2.45, 2.75) is 13.8 Å². The van der Waals surface area contributed by atoms with Crippen molar-refractivity contribution >= 4 is 17.3 Å². The molecule has 2 N–H and O–H groups in total. The molecule has 1 heterocycles. The first-order valence-electron chi connectivity index (χ1n) is 6.10. The standard InChI is InChI=1S/C14H18N4O/c1-9-13(10(2)17-16-9)15-14(19)11-7-5-6-8-12(11)18(3)4/h5-8H,1-4H3,(H,15,19)(H,16,17). The van der Waals surface area contributed by atoms with E-state index in [4.69, 9.17) is 0 Å². The van der Waals surface area contributed by atoms with Crippen molar-refractivity contribution in [2.24, 2.45) is 0 Å². The van der Waals surface area contributed by atoms with Crippen LogP contribution in [0.4, 0.5) is 11.4 Å². The summed E-state index contributed by atoms with van der Waals surface area (Å²) < 4.78 is 0. The second-order valence-corrected chi connectivity index (χ2v) is 4.67. The molecule has 2 aromatic rings. The lowest BCUT2D eigenvalue weighted by Crippen LogP contribution is -2.18. The molecule has 100 valence electrons. The SMILES string of the molecule is Cc1n[nH]c(C)c1NC(=O)c1ccccc1N(C)C. The first-order chi connectivity index (χ1) is 9.00. The van der Waals surface area contributed by atoms with Gasteiger partial charge >= 0.3 is 0 Å². The Kier molecular flexibility index (Phi) is 3.55. The Bertz CT molecular complexity index is 582. The molecule has 0 atom stereocenters. The first kappa shape index (κ1) is 13.1. The third kappa shape index (κ3) is 2.59. The van der Waals surface area contributed by atoms with Gasteiger partial charge in [-0.2, -0.15) is 5.10 Å². The number of anilines is 2. The molecule has 0 spiro atoms. The van der Waals surface area contributed by atoms with Gasteiger partial charge in [-0.05, 0) is 26.0 Å². The van der Waals surface area contributed by atoms with Gasteiger partial charge in [-0.3, -0.25) is 9.89 Å². The summed E-state index contributed by atoms with van der Waals surface area (Å²) in [7, 11) is 3.83. The zero-order valence-electron chi connectivity index (χ0n) is 11.6. The summed E-state index contributed by atoms with van der Waals surface area (Å²) in [6, 6.07) is 7.51. The Morgan fingerprint density at radius 3 is 2.53 bits per heavy atom. The molecule has 0 bridgehead atoms. The Morgan fingerprint density at radius 1 is 1.26 bits per heavy atom. The number of para-hydroxylation sites is 1. The van der Waals surface area contributed by atoms with Crippen LogP contribution in [0.2, 0.25) is 0 Å². The lowest BCUT2D eigenvalue weighted by molar-refractivity contribution is 0.102. The van der Waals surface area contributed by atoms with Crippen LogP contribution in [-0.4, -0.2) is 30.2 Å². The number of carbonyl (C=O) groups excluding carboxylic acids is 1. The highest BCUT2D eigenvalue weighted by molar-refractivity contribution is 6.08. The van der Waals surface area contributed by atoms with Crippen LogP contribution in [0.25, 0.3) is 0 Å². The highest BCUT2D eigenvalue weighted by Gasteiger charge is 2.15. The number of aromatic nitrogens is 2. The van der Waals surface area contributed by atoms with Gasteiger partial charge in [0.2, 0.25) is 0 Å². The molecule has 19 heavy (non-hydrogen) atoms. The number of aryl methyl sites for hydroxylation is 2. The topological polar surface area (TPSA) is 61.0 Å². The molecule has 0 aliphatic carbocycles. The maximum atomic E-state index is 12.4. The van der Waals surface area contributed by atoms with Gasteiger partial charge in [0.1, 0.15) is 0 Å². The van der Waals surface area contributed by atoms with Crippen LogP contribution >= 0.6 is 0 Å². The Morgan fingerprint density at radius 2 is 1.95 bits per heavy atom. The number of hydrogen-bond acceptors (Lipinski definition) is 3. The number of amides is 1. The van der Waals surface area contributed by atoms with E-state index in [1.807, 2.05) is 57.1 Å². The fourth-order valence-electron chi connectivity index (χ4n) is 1.97. The zero-order valence-corrected chi connectivity index (χ0v) is 11.6. The van der Waals surface area contributed by atoms with Crippen LogP contribution in [0.15, 0.2) is 24.3 Å². The largest absolute Gasteiger partial charge is 0.377 e. The van der Waals surface area contributed by atoms with Gasteiger partial charge in [0.15, 0.2) is 0 Å². The maximum absolute atomic E-state index is 12.4. The predicted molar refractivity (Wildman–Crippen MR) is 76.8 cm³/mol. The average molecular weight is 258 g/mol. The molecule has 0 fully saturated rings. The third-order valence-corrected chi connectivity index (χ3v) is 3.00. The number of nitrogens with one attached hydrogen (secondary N) is 2. The van der Waals surface area contributed by atoms with E-state index in [9.17, 15) is 4.79 Å². The summed E-state index contributed by atoms with van der Waals surface area (Å²) in [5, 5.41) is 9.84. The number of carbonyl (C=O) groups is 1. The van der Waals surface area contributed by atoms with Crippen LogP contribution in [0.5, 0.6) is 0 Å². The van der Waals surface area contributed by atoms with Crippen molar-refractivity contribution in [3.8, 4) is 0 Å². The van der Waals surface area contributed by atoms with E-state index < -0.39 is 0 Å².